The summed E-state index contributed by atoms with van der Waals surface area (Å²) in [5, 5.41) is 22.7. The monoisotopic (exact) mass is 501 g/mol. The van der Waals surface area contributed by atoms with Crippen molar-refractivity contribution < 1.29 is 23.1 Å². The van der Waals surface area contributed by atoms with E-state index in [0.29, 0.717) is 48.4 Å². The fourth-order valence-electron chi connectivity index (χ4n) is 3.96. The van der Waals surface area contributed by atoms with Gasteiger partial charge in [-0.1, -0.05) is 12.1 Å². The van der Waals surface area contributed by atoms with Crippen LogP contribution < -0.4 is 10.2 Å². The molecular weight excluding hydrogens is 479 g/mol. The number of anilines is 1. The predicted molar refractivity (Wildman–Crippen MR) is 125 cm³/mol. The predicted octanol–water partition coefficient (Wildman–Crippen LogP) is 3.92. The summed E-state index contributed by atoms with van der Waals surface area (Å²) in [6.45, 7) is 0.537. The average Bonchev–Trinajstić information content (AvgIpc) is 3.54. The third-order valence-corrected chi connectivity index (χ3v) is 6.64. The minimum atomic E-state index is -4.75. The molecular formula is C24H22F3N5O2S. The molecule has 35 heavy (non-hydrogen) atoms. The molecule has 3 aromatic rings. The molecule has 4 rings (SSSR count). The van der Waals surface area contributed by atoms with Crippen LogP contribution in [0.4, 0.5) is 19.0 Å². The molecule has 1 unspecified atom stereocenters. The van der Waals surface area contributed by atoms with E-state index < -0.39 is 18.0 Å². The minimum absolute atomic E-state index is 0.0452. The maximum absolute atomic E-state index is 13.6. The van der Waals surface area contributed by atoms with Gasteiger partial charge in [0.05, 0.1) is 23.9 Å². The molecule has 1 amide bonds. The van der Waals surface area contributed by atoms with Crippen LogP contribution in [0.15, 0.2) is 41.8 Å². The number of hydrogen-bond donors (Lipinski definition) is 2. The zero-order valence-corrected chi connectivity index (χ0v) is 19.4. The lowest BCUT2D eigenvalue weighted by atomic mass is 10.1. The van der Waals surface area contributed by atoms with Crippen LogP contribution >= 0.6 is 11.3 Å². The Morgan fingerprint density at radius 2 is 2.03 bits per heavy atom. The number of amides is 1. The number of alkyl halides is 3. The highest BCUT2D eigenvalue weighted by atomic mass is 32.1. The van der Waals surface area contributed by atoms with Crippen LogP contribution in [0.5, 0.6) is 0 Å². The average molecular weight is 502 g/mol. The van der Waals surface area contributed by atoms with Crippen LogP contribution in [0.3, 0.4) is 0 Å². The highest BCUT2D eigenvalue weighted by Crippen LogP contribution is 2.34. The molecule has 2 N–H and O–H groups in total. The molecule has 1 aliphatic heterocycles. The maximum Gasteiger partial charge on any atom is 0.451 e. The van der Waals surface area contributed by atoms with Crippen molar-refractivity contribution in [2.24, 2.45) is 0 Å². The largest absolute Gasteiger partial charge is 0.451 e. The van der Waals surface area contributed by atoms with Gasteiger partial charge in [-0.15, -0.1) is 11.3 Å². The fraction of sp³-hybridized carbons (Fsp3) is 0.333. The number of carbonyl (C=O) groups excluding carboxylic acids is 1. The van der Waals surface area contributed by atoms with Gasteiger partial charge >= 0.3 is 6.18 Å². The Morgan fingerprint density at radius 3 is 2.69 bits per heavy atom. The van der Waals surface area contributed by atoms with Crippen LogP contribution in [0.2, 0.25) is 0 Å². The van der Waals surface area contributed by atoms with Crippen molar-refractivity contribution in [2.75, 3.05) is 18.0 Å². The molecule has 0 bridgehead atoms. The third-order valence-electron chi connectivity index (χ3n) is 5.72. The van der Waals surface area contributed by atoms with Gasteiger partial charge in [-0.25, -0.2) is 9.97 Å². The first-order valence-corrected chi connectivity index (χ1v) is 11.8. The van der Waals surface area contributed by atoms with Crippen molar-refractivity contribution in [3.8, 4) is 17.3 Å². The number of carbonyl (C=O) groups is 1. The quantitative estimate of drug-likeness (QED) is 0.509. The Balaban J connectivity index is 1.51. The molecule has 3 heterocycles. The van der Waals surface area contributed by atoms with Crippen molar-refractivity contribution in [3.63, 3.8) is 0 Å². The molecule has 1 fully saturated rings. The second kappa shape index (κ2) is 10.4. The van der Waals surface area contributed by atoms with Crippen LogP contribution in [-0.2, 0) is 24.0 Å². The number of halogens is 3. The summed E-state index contributed by atoms with van der Waals surface area (Å²) in [4.78, 5) is 22.6. The second-order valence-corrected chi connectivity index (χ2v) is 9.09. The molecule has 0 radical (unpaired) electrons. The van der Waals surface area contributed by atoms with Gasteiger partial charge in [0.1, 0.15) is 11.9 Å². The van der Waals surface area contributed by atoms with E-state index in [1.54, 1.807) is 28.5 Å². The van der Waals surface area contributed by atoms with Gasteiger partial charge in [-0.2, -0.15) is 18.4 Å². The van der Waals surface area contributed by atoms with E-state index in [-0.39, 0.29) is 24.0 Å². The summed E-state index contributed by atoms with van der Waals surface area (Å²) in [6, 6.07) is 11.5. The molecule has 1 saturated heterocycles. The summed E-state index contributed by atoms with van der Waals surface area (Å²) in [5.74, 6) is -1.50. The van der Waals surface area contributed by atoms with Crippen LogP contribution in [0, 0.1) is 11.3 Å². The Morgan fingerprint density at radius 1 is 1.26 bits per heavy atom. The van der Waals surface area contributed by atoms with E-state index in [1.807, 2.05) is 12.1 Å². The lowest BCUT2D eigenvalue weighted by Gasteiger charge is -2.26. The standard InChI is InChI=1S/C24H22F3N5O2S/c25-24(26,27)23-30-19(17-10-18(13-33)35-14-17)11-21(31-23)32-9-1-2-20(32)22(34)29-8-7-15-3-5-16(12-28)6-4-15/h3-6,10-11,14,20,33H,1-2,7-9,13H2,(H,29,34). The van der Waals surface area contributed by atoms with E-state index in [4.69, 9.17) is 5.26 Å². The number of aromatic nitrogens is 2. The molecule has 0 aliphatic carbocycles. The van der Waals surface area contributed by atoms with Crippen LogP contribution in [0.25, 0.3) is 11.3 Å². The molecule has 0 saturated carbocycles. The Hall–Kier alpha value is -3.49. The highest BCUT2D eigenvalue weighted by molar-refractivity contribution is 7.10. The first-order valence-electron chi connectivity index (χ1n) is 11.0. The Kier molecular flexibility index (Phi) is 7.33. The number of aliphatic hydroxyl groups is 1. The maximum atomic E-state index is 13.6. The molecule has 182 valence electrons. The SMILES string of the molecule is N#Cc1ccc(CCNC(=O)C2CCCN2c2cc(-c3csc(CO)c3)nc(C(F)(F)F)n2)cc1. The van der Waals surface area contributed by atoms with Crippen LogP contribution in [0.1, 0.15) is 34.7 Å². The van der Waals surface area contributed by atoms with Gasteiger partial charge < -0.3 is 15.3 Å². The van der Waals surface area contributed by atoms with Gasteiger partial charge in [0.25, 0.3) is 0 Å². The number of nitrogens with one attached hydrogen (secondary N) is 1. The van der Waals surface area contributed by atoms with Gasteiger partial charge in [0.15, 0.2) is 0 Å². The van der Waals surface area contributed by atoms with Crippen molar-refractivity contribution in [3.05, 3.63) is 63.6 Å². The van der Waals surface area contributed by atoms with E-state index in [1.165, 1.54) is 17.4 Å². The van der Waals surface area contributed by atoms with Gasteiger partial charge in [0.2, 0.25) is 11.7 Å². The van der Waals surface area contributed by atoms with Gasteiger partial charge in [-0.3, -0.25) is 4.79 Å². The molecule has 11 heteroatoms. The smallest absolute Gasteiger partial charge is 0.391 e. The number of benzene rings is 1. The normalized spacial score (nSPS) is 15.7. The zero-order chi connectivity index (χ0) is 25.0. The number of nitrogens with zero attached hydrogens (tertiary/aromatic N) is 4. The molecule has 0 spiro atoms. The Labute approximate surface area is 203 Å². The van der Waals surface area contributed by atoms with E-state index in [0.717, 1.165) is 5.56 Å². The fourth-order valence-corrected chi connectivity index (χ4v) is 4.70. The number of thiophene rings is 1. The zero-order valence-electron chi connectivity index (χ0n) is 18.5. The number of rotatable bonds is 7. The lowest BCUT2D eigenvalue weighted by molar-refractivity contribution is -0.144. The summed E-state index contributed by atoms with van der Waals surface area (Å²) < 4.78 is 40.7. The number of hydrogen-bond acceptors (Lipinski definition) is 7. The van der Waals surface area contributed by atoms with Crippen molar-refractivity contribution in [1.82, 2.24) is 15.3 Å². The first-order chi connectivity index (χ1) is 16.8. The van der Waals surface area contributed by atoms with Crippen molar-refractivity contribution in [1.29, 1.82) is 5.26 Å². The van der Waals surface area contributed by atoms with E-state index in [2.05, 4.69) is 21.4 Å². The van der Waals surface area contributed by atoms with Crippen molar-refractivity contribution >= 4 is 23.1 Å². The topological polar surface area (TPSA) is 102 Å². The molecule has 1 aliphatic rings. The summed E-state index contributed by atoms with van der Waals surface area (Å²) in [6.07, 6.45) is -3.05. The third kappa shape index (κ3) is 5.78. The molecule has 7 nitrogen and oxygen atoms in total. The van der Waals surface area contributed by atoms with Crippen molar-refractivity contribution in [2.45, 2.75) is 38.1 Å². The van der Waals surface area contributed by atoms with Gasteiger partial charge in [-0.05, 0) is 43.0 Å². The highest BCUT2D eigenvalue weighted by Gasteiger charge is 2.38. The molecule has 1 atom stereocenters. The van der Waals surface area contributed by atoms with E-state index >= 15 is 0 Å². The van der Waals surface area contributed by atoms with E-state index in [9.17, 15) is 23.1 Å². The number of nitriles is 1. The second-order valence-electron chi connectivity index (χ2n) is 8.09. The molecule has 2 aromatic heterocycles. The first kappa shape index (κ1) is 24.6. The minimum Gasteiger partial charge on any atom is -0.391 e. The summed E-state index contributed by atoms with van der Waals surface area (Å²) >= 11 is 1.23. The lowest BCUT2D eigenvalue weighted by Crippen LogP contribution is -2.44. The molecule has 1 aromatic carbocycles. The Bertz CT molecular complexity index is 1240. The summed E-state index contributed by atoms with van der Waals surface area (Å²) in [7, 11) is 0. The summed E-state index contributed by atoms with van der Waals surface area (Å²) in [5.41, 5.74) is 2.05. The van der Waals surface area contributed by atoms with Gasteiger partial charge in [0, 0.05) is 35.0 Å². The number of aliphatic hydroxyl groups excluding tert-OH is 1. The van der Waals surface area contributed by atoms with Crippen LogP contribution in [-0.4, -0.2) is 40.1 Å².